The average Bonchev–Trinajstić information content (AvgIpc) is 2.13. The van der Waals surface area contributed by atoms with Gasteiger partial charge >= 0.3 is 6.09 Å². The molecule has 0 heterocycles. The van der Waals surface area contributed by atoms with Gasteiger partial charge < -0.3 is 4.74 Å². The van der Waals surface area contributed by atoms with Gasteiger partial charge in [-0.3, -0.25) is 0 Å². The molecule has 86 valence electrons. The topological polar surface area (TPSA) is 72.5 Å². The summed E-state index contributed by atoms with van der Waals surface area (Å²) in [4.78, 5) is 10.7. The summed E-state index contributed by atoms with van der Waals surface area (Å²) in [7, 11) is -3.91. The minimum atomic E-state index is -3.91. The van der Waals surface area contributed by atoms with E-state index in [1.165, 1.54) is 12.2 Å². The molecule has 0 aliphatic rings. The van der Waals surface area contributed by atoms with Crippen molar-refractivity contribution in [3.8, 4) is 0 Å². The Morgan fingerprint density at radius 3 is 2.53 bits per heavy atom. The van der Waals surface area contributed by atoms with Crippen molar-refractivity contribution in [2.24, 2.45) is 0 Å². The van der Waals surface area contributed by atoms with Gasteiger partial charge in [-0.15, -0.1) is 0 Å². The number of hydrogen-bond acceptors (Lipinski definition) is 4. The lowest BCUT2D eigenvalue weighted by Gasteiger charge is -2.06. The number of sulfonamides is 1. The first kappa shape index (κ1) is 13.4. The highest BCUT2D eigenvalue weighted by Gasteiger charge is 2.17. The molecule has 0 aromatic carbocycles. The quantitative estimate of drug-likeness (QED) is 0.731. The molecule has 0 aromatic heterocycles. The second-order valence-corrected chi connectivity index (χ2v) is 4.02. The van der Waals surface area contributed by atoms with Crippen molar-refractivity contribution in [3.05, 3.63) is 36.3 Å². The van der Waals surface area contributed by atoms with Crippen LogP contribution in [0.25, 0.3) is 0 Å². The Bertz CT molecular complexity index is 386. The van der Waals surface area contributed by atoms with Crippen LogP contribution in [0.4, 0.5) is 4.79 Å². The van der Waals surface area contributed by atoms with Gasteiger partial charge in [-0.2, -0.15) is 0 Å². The summed E-state index contributed by atoms with van der Waals surface area (Å²) in [6.07, 6.45) is 2.58. The minimum Gasteiger partial charge on any atom is -0.449 e. The Morgan fingerprint density at radius 2 is 2.13 bits per heavy atom. The van der Waals surface area contributed by atoms with Gasteiger partial charge in [0.2, 0.25) is 0 Å². The summed E-state index contributed by atoms with van der Waals surface area (Å²) in [5.41, 5.74) is 0. The molecule has 0 spiro atoms. The number of amides is 1. The normalized spacial score (nSPS) is 11.7. The fourth-order valence-corrected chi connectivity index (χ4v) is 1.60. The summed E-state index contributed by atoms with van der Waals surface area (Å²) < 4.78 is 29.0. The third-order valence-corrected chi connectivity index (χ3v) is 2.65. The van der Waals surface area contributed by atoms with E-state index in [0.29, 0.717) is 0 Å². The molecule has 0 saturated carbocycles. The molecule has 15 heavy (non-hydrogen) atoms. The highest BCUT2D eigenvalue weighted by atomic mass is 32.2. The fourth-order valence-electron chi connectivity index (χ4n) is 0.713. The lowest BCUT2D eigenvalue weighted by atomic mass is 10.5. The van der Waals surface area contributed by atoms with Crippen LogP contribution in [0.1, 0.15) is 8.35 Å². The van der Waals surface area contributed by atoms with Gasteiger partial charge in [-0.05, 0) is 19.1 Å². The number of carbonyl (C=O) groups is 1. The van der Waals surface area contributed by atoms with E-state index in [1.54, 1.807) is 11.6 Å². The van der Waals surface area contributed by atoms with Crippen molar-refractivity contribution >= 4 is 16.1 Å². The second kappa shape index (κ2) is 6.02. The number of rotatable bonds is 5. The van der Waals surface area contributed by atoms with Gasteiger partial charge in [0.1, 0.15) is 0 Å². The first-order valence-electron chi connectivity index (χ1n) is 4.12. The molecule has 5 nitrogen and oxygen atoms in total. The van der Waals surface area contributed by atoms with E-state index in [-0.39, 0.29) is 12.9 Å². The van der Waals surface area contributed by atoms with Gasteiger partial charge in [0.05, 0.1) is 11.5 Å². The van der Waals surface area contributed by atoms with Crippen molar-refractivity contribution < 1.29 is 19.4 Å². The number of allylic oxidation sites excluding steroid dienone is 3. The largest absolute Gasteiger partial charge is 0.449 e. The molecule has 0 bridgehead atoms. The van der Waals surface area contributed by atoms with E-state index < -0.39 is 16.1 Å². The second-order valence-electron chi connectivity index (χ2n) is 2.33. The smallest absolute Gasteiger partial charge is 0.421 e. The summed E-state index contributed by atoms with van der Waals surface area (Å²) in [6, 6.07) is 0. The van der Waals surface area contributed by atoms with E-state index in [9.17, 15) is 13.2 Å². The maximum absolute atomic E-state index is 11.4. The molecule has 1 amide bonds. The van der Waals surface area contributed by atoms with Crippen molar-refractivity contribution in [1.29, 1.82) is 0 Å². The highest BCUT2D eigenvalue weighted by Crippen LogP contribution is 2.05. The predicted molar refractivity (Wildman–Crippen MR) is 59.7 cm³/mol. The first-order valence-corrected chi connectivity index (χ1v) is 5.61. The van der Waals surface area contributed by atoms with Crippen LogP contribution in [-0.4, -0.2) is 21.1 Å². The molecule has 0 aliphatic heterocycles. The molecule has 6 heteroatoms. The summed E-state index contributed by atoms with van der Waals surface area (Å²) in [5.74, 6) is 0. The molecule has 1 N–H and O–H groups in total. The van der Waals surface area contributed by atoms with Crippen LogP contribution in [0.15, 0.2) is 36.3 Å². The summed E-state index contributed by atoms with van der Waals surface area (Å²) in [5, 5.41) is 0. The van der Waals surface area contributed by atoms with Crippen molar-refractivity contribution in [2.45, 2.75) is 6.92 Å². The minimum absolute atomic E-state index is 0. The van der Waals surface area contributed by atoms with Gasteiger partial charge in [-0.25, -0.2) is 17.9 Å². The molecular weight excluding hydrogens is 218 g/mol. The maximum atomic E-state index is 11.4. The van der Waals surface area contributed by atoms with Crippen LogP contribution < -0.4 is 4.72 Å². The SMILES string of the molecule is C=C/C=C(\C=C)S(=O)(=O)NC(=O)OCC.[HH]. The molecule has 0 fully saturated rings. The zero-order valence-electron chi connectivity index (χ0n) is 8.39. The Morgan fingerprint density at radius 1 is 1.53 bits per heavy atom. The first-order chi connectivity index (χ1) is 6.97. The van der Waals surface area contributed by atoms with Crippen LogP contribution in [0.2, 0.25) is 0 Å². The third kappa shape index (κ3) is 4.46. The van der Waals surface area contributed by atoms with Crippen molar-refractivity contribution in [1.82, 2.24) is 4.72 Å². The Balaban J connectivity index is 0. The van der Waals surface area contributed by atoms with Crippen LogP contribution in [0.5, 0.6) is 0 Å². The van der Waals surface area contributed by atoms with E-state index in [2.05, 4.69) is 17.9 Å². The number of carbonyl (C=O) groups excluding carboxylic acids is 1. The maximum Gasteiger partial charge on any atom is 0.421 e. The fraction of sp³-hybridized carbons (Fsp3) is 0.222. The number of nitrogens with one attached hydrogen (secondary N) is 1. The molecule has 0 unspecified atom stereocenters. The summed E-state index contributed by atoms with van der Waals surface area (Å²) in [6.45, 7) is 8.32. The zero-order chi connectivity index (χ0) is 11.9. The van der Waals surface area contributed by atoms with Crippen molar-refractivity contribution in [3.63, 3.8) is 0 Å². The Labute approximate surface area is 90.7 Å². The number of ether oxygens (including phenoxy) is 1. The van der Waals surface area contributed by atoms with Gasteiger partial charge in [0, 0.05) is 1.43 Å². The monoisotopic (exact) mass is 233 g/mol. The average molecular weight is 233 g/mol. The molecule has 0 radical (unpaired) electrons. The lowest BCUT2D eigenvalue weighted by Crippen LogP contribution is -2.31. The van der Waals surface area contributed by atoms with Crippen LogP contribution in [-0.2, 0) is 14.8 Å². The predicted octanol–water partition coefficient (Wildman–Crippen LogP) is 1.56. The van der Waals surface area contributed by atoms with Gasteiger partial charge in [0.15, 0.2) is 0 Å². The van der Waals surface area contributed by atoms with E-state index in [1.807, 2.05) is 0 Å². The van der Waals surface area contributed by atoms with E-state index in [0.717, 1.165) is 6.08 Å². The molecule has 0 saturated heterocycles. The van der Waals surface area contributed by atoms with Gasteiger partial charge in [-0.1, -0.05) is 19.2 Å². The van der Waals surface area contributed by atoms with Gasteiger partial charge in [0.25, 0.3) is 10.0 Å². The molecule has 0 aliphatic carbocycles. The third-order valence-electron chi connectivity index (χ3n) is 1.29. The molecule has 0 rings (SSSR count). The van der Waals surface area contributed by atoms with Crippen LogP contribution in [0, 0.1) is 0 Å². The number of hydrogen-bond donors (Lipinski definition) is 1. The molecule has 0 atom stereocenters. The molecular formula is C9H15NO4S. The van der Waals surface area contributed by atoms with Crippen molar-refractivity contribution in [2.75, 3.05) is 6.61 Å². The molecule has 0 aromatic rings. The lowest BCUT2D eigenvalue weighted by molar-refractivity contribution is 0.159. The summed E-state index contributed by atoms with van der Waals surface area (Å²) >= 11 is 0. The van der Waals surface area contributed by atoms with Crippen LogP contribution in [0.3, 0.4) is 0 Å². The highest BCUT2D eigenvalue weighted by molar-refractivity contribution is 7.94. The standard InChI is InChI=1S/C9H13NO4S.H2/c1-4-7-8(5-2)15(12,13)10-9(11)14-6-3;/h4-5,7H,1-2,6H2,3H3,(H,10,11);1H/b8-7+;. The Kier molecular flexibility index (Phi) is 5.40. The van der Waals surface area contributed by atoms with E-state index in [4.69, 9.17) is 0 Å². The van der Waals surface area contributed by atoms with Crippen LogP contribution >= 0.6 is 0 Å². The Hall–Kier alpha value is -1.56. The van der Waals surface area contributed by atoms with E-state index >= 15 is 0 Å². The zero-order valence-corrected chi connectivity index (χ0v) is 9.21.